The lowest BCUT2D eigenvalue weighted by atomic mass is 9.93. The summed E-state index contributed by atoms with van der Waals surface area (Å²) in [7, 11) is -1.98. The number of sulfonamides is 1. The van der Waals surface area contributed by atoms with Gasteiger partial charge in [-0.25, -0.2) is 8.42 Å². The van der Waals surface area contributed by atoms with Crippen molar-refractivity contribution in [2.45, 2.75) is 44.9 Å². The fourth-order valence-corrected chi connectivity index (χ4v) is 4.81. The molecule has 0 aromatic heterocycles. The van der Waals surface area contributed by atoms with Crippen molar-refractivity contribution in [1.29, 1.82) is 0 Å². The van der Waals surface area contributed by atoms with E-state index < -0.39 is 21.7 Å². The highest BCUT2D eigenvalue weighted by molar-refractivity contribution is 7.92. The minimum absolute atomic E-state index is 0.0112. The van der Waals surface area contributed by atoms with E-state index in [1.165, 1.54) is 12.1 Å². The molecular weight excluding hydrogens is 518 g/mol. The van der Waals surface area contributed by atoms with Crippen LogP contribution in [0.4, 0.5) is 5.69 Å². The van der Waals surface area contributed by atoms with E-state index in [1.54, 1.807) is 13.2 Å². The molecule has 0 aliphatic carbocycles. The van der Waals surface area contributed by atoms with E-state index in [4.69, 9.17) is 4.74 Å². The molecule has 5 N–H and O–H groups in total. The van der Waals surface area contributed by atoms with Crippen LogP contribution in [-0.4, -0.2) is 50.0 Å². The first-order valence-corrected chi connectivity index (χ1v) is 14.4. The van der Waals surface area contributed by atoms with Crippen LogP contribution in [0, 0.1) is 0 Å². The number of β-amino-alcohol motifs (C(OH)–C–C–N with tert-alkyl or cyclic N) is 1. The molecule has 0 unspecified atom stereocenters. The third-order valence-corrected chi connectivity index (χ3v) is 6.74. The number of nitrogens with one attached hydrogen (secondary N) is 3. The topological polar surface area (TPSA) is 137 Å². The molecule has 0 saturated carbocycles. The number of aliphatic hydroxyl groups is 1. The molecule has 3 aromatic rings. The number of benzene rings is 3. The quantitative estimate of drug-likeness (QED) is 0.204. The average Bonchev–Trinajstić information content (AvgIpc) is 2.86. The number of methoxy groups -OCH3 is 1. The predicted octanol–water partition coefficient (Wildman–Crippen LogP) is 3.28. The van der Waals surface area contributed by atoms with E-state index in [-0.39, 0.29) is 30.3 Å². The largest absolute Gasteiger partial charge is 0.506 e. The van der Waals surface area contributed by atoms with Gasteiger partial charge in [0.25, 0.3) is 0 Å². The number of aromatic hydroxyl groups is 1. The van der Waals surface area contributed by atoms with Crippen LogP contribution in [0.25, 0.3) is 0 Å². The number of anilines is 1. The van der Waals surface area contributed by atoms with Gasteiger partial charge in [0, 0.05) is 24.2 Å². The average molecular weight is 556 g/mol. The summed E-state index contributed by atoms with van der Waals surface area (Å²) in [6, 6.07) is 19.7. The molecule has 1 amide bonds. The Morgan fingerprint density at radius 1 is 1.03 bits per heavy atom. The van der Waals surface area contributed by atoms with Crippen LogP contribution in [0.1, 0.15) is 42.2 Å². The number of carbonyl (C=O) groups excluding carboxylic acids is 1. The maximum absolute atomic E-state index is 12.6. The van der Waals surface area contributed by atoms with Gasteiger partial charge in [-0.15, -0.1) is 0 Å². The van der Waals surface area contributed by atoms with Crippen LogP contribution >= 0.6 is 0 Å². The number of phenolic OH excluding ortho intramolecular Hbond substituents is 1. The first-order chi connectivity index (χ1) is 18.3. The number of hydrogen-bond donors (Lipinski definition) is 5. The molecule has 1 atom stereocenters. The van der Waals surface area contributed by atoms with E-state index in [2.05, 4.69) is 15.4 Å². The lowest BCUT2D eigenvalue weighted by Crippen LogP contribution is -2.43. The number of hydrogen-bond acceptors (Lipinski definition) is 7. The molecule has 0 heterocycles. The Labute approximate surface area is 230 Å². The Bertz CT molecular complexity index is 1390. The number of ether oxygens (including phenoxy) is 1. The minimum atomic E-state index is -3.58. The number of rotatable bonds is 13. The van der Waals surface area contributed by atoms with Gasteiger partial charge in [0.1, 0.15) is 11.5 Å². The molecule has 3 aromatic carbocycles. The van der Waals surface area contributed by atoms with E-state index in [0.29, 0.717) is 18.5 Å². The molecule has 210 valence electrons. The number of phenols is 1. The molecule has 0 aliphatic rings. The summed E-state index contributed by atoms with van der Waals surface area (Å²) in [5, 5.41) is 26.9. The molecule has 0 bridgehead atoms. The molecule has 9 nitrogen and oxygen atoms in total. The number of aliphatic hydroxyl groups excluding tert-OH is 1. The fourth-order valence-electron chi connectivity index (χ4n) is 4.25. The van der Waals surface area contributed by atoms with Crippen molar-refractivity contribution in [3.8, 4) is 11.5 Å². The number of amides is 1. The molecule has 0 saturated heterocycles. The molecule has 39 heavy (non-hydrogen) atoms. The van der Waals surface area contributed by atoms with Crippen LogP contribution in [0.5, 0.6) is 11.5 Å². The van der Waals surface area contributed by atoms with E-state index in [0.717, 1.165) is 28.7 Å². The maximum atomic E-state index is 12.6. The second-order valence-corrected chi connectivity index (χ2v) is 11.9. The monoisotopic (exact) mass is 555 g/mol. The van der Waals surface area contributed by atoms with Crippen molar-refractivity contribution >= 4 is 21.6 Å². The summed E-state index contributed by atoms with van der Waals surface area (Å²) in [4.78, 5) is 12.6. The molecule has 0 spiro atoms. The van der Waals surface area contributed by atoms with Crippen molar-refractivity contribution in [1.82, 2.24) is 10.6 Å². The molecular formula is C29H37N3O6S. The van der Waals surface area contributed by atoms with Gasteiger partial charge in [0.05, 0.1) is 31.6 Å². The van der Waals surface area contributed by atoms with Gasteiger partial charge < -0.3 is 25.6 Å². The zero-order chi connectivity index (χ0) is 28.6. The second kappa shape index (κ2) is 13.0. The summed E-state index contributed by atoms with van der Waals surface area (Å²) in [6.45, 7) is 4.62. The molecule has 3 rings (SSSR count). The van der Waals surface area contributed by atoms with Gasteiger partial charge in [-0.1, -0.05) is 48.5 Å². The van der Waals surface area contributed by atoms with Gasteiger partial charge in [0.2, 0.25) is 15.9 Å². The lowest BCUT2D eigenvalue weighted by Gasteiger charge is -2.28. The van der Waals surface area contributed by atoms with Crippen molar-refractivity contribution in [2.75, 3.05) is 24.6 Å². The molecule has 10 heteroatoms. The van der Waals surface area contributed by atoms with Crippen LogP contribution < -0.4 is 20.1 Å². The van der Waals surface area contributed by atoms with E-state index in [1.807, 2.05) is 62.4 Å². The summed E-state index contributed by atoms with van der Waals surface area (Å²) < 4.78 is 30.7. The zero-order valence-corrected chi connectivity index (χ0v) is 23.5. The van der Waals surface area contributed by atoms with E-state index in [9.17, 15) is 23.4 Å². The Morgan fingerprint density at radius 2 is 1.74 bits per heavy atom. The third kappa shape index (κ3) is 9.58. The van der Waals surface area contributed by atoms with Crippen LogP contribution in [-0.2, 0) is 34.2 Å². The second-order valence-electron chi connectivity index (χ2n) is 10.2. The smallest absolute Gasteiger partial charge is 0.229 e. The first-order valence-electron chi connectivity index (χ1n) is 12.6. The molecule has 0 fully saturated rings. The summed E-state index contributed by atoms with van der Waals surface area (Å²) in [5.41, 5.74) is 2.93. The Hall–Kier alpha value is -3.60. The van der Waals surface area contributed by atoms with Gasteiger partial charge in [-0.3, -0.25) is 9.52 Å². The Morgan fingerprint density at radius 3 is 2.46 bits per heavy atom. The minimum Gasteiger partial charge on any atom is -0.506 e. The Balaban J connectivity index is 1.56. The highest BCUT2D eigenvalue weighted by Crippen LogP contribution is 2.28. The normalized spacial score (nSPS) is 12.5. The van der Waals surface area contributed by atoms with E-state index >= 15 is 0 Å². The summed E-state index contributed by atoms with van der Waals surface area (Å²) >= 11 is 0. The van der Waals surface area contributed by atoms with Crippen LogP contribution in [0.2, 0.25) is 0 Å². The van der Waals surface area contributed by atoms with Crippen molar-refractivity contribution in [3.05, 3.63) is 89.0 Å². The van der Waals surface area contributed by atoms with Crippen LogP contribution in [0.15, 0.2) is 66.7 Å². The number of carbonyl (C=O) groups is 1. The van der Waals surface area contributed by atoms with Gasteiger partial charge in [-0.05, 0) is 55.2 Å². The fraction of sp³-hybridized carbons (Fsp3) is 0.345. The molecule has 0 aliphatic heterocycles. The standard InChI is InChI=1S/C29H37N3O6S/c1-29(2,31-19-26(34)22-12-13-25(33)24(16-22)32-39(4,36)37)17-21-9-7-8-20(14-21)15-28(35)30-18-23-10-5-6-11-27(23)38-3/h5-14,16,26,31-34H,15,17-19H2,1-4H3,(H,30,35)/t26-/m0/s1. The predicted molar refractivity (Wildman–Crippen MR) is 152 cm³/mol. The summed E-state index contributed by atoms with van der Waals surface area (Å²) in [6.07, 6.45) is 0.958. The molecule has 0 radical (unpaired) electrons. The highest BCUT2D eigenvalue weighted by Gasteiger charge is 2.21. The lowest BCUT2D eigenvalue weighted by molar-refractivity contribution is -0.120. The number of para-hydroxylation sites is 1. The highest BCUT2D eigenvalue weighted by atomic mass is 32.2. The van der Waals surface area contributed by atoms with Gasteiger partial charge in [-0.2, -0.15) is 0 Å². The Kier molecular flexibility index (Phi) is 9.96. The first kappa shape index (κ1) is 29.9. The SMILES string of the molecule is COc1ccccc1CNC(=O)Cc1cccc(CC(C)(C)NC[C@H](O)c2ccc(O)c(NS(C)(=O)=O)c2)c1. The van der Waals surface area contributed by atoms with Gasteiger partial charge in [0.15, 0.2) is 0 Å². The summed E-state index contributed by atoms with van der Waals surface area (Å²) in [5.74, 6) is 0.422. The van der Waals surface area contributed by atoms with Crippen molar-refractivity contribution in [3.63, 3.8) is 0 Å². The zero-order valence-electron chi connectivity index (χ0n) is 22.7. The van der Waals surface area contributed by atoms with Gasteiger partial charge >= 0.3 is 0 Å². The van der Waals surface area contributed by atoms with Crippen LogP contribution in [0.3, 0.4) is 0 Å². The third-order valence-electron chi connectivity index (χ3n) is 6.15. The maximum Gasteiger partial charge on any atom is 0.229 e. The van der Waals surface area contributed by atoms with Crippen molar-refractivity contribution in [2.24, 2.45) is 0 Å². The van der Waals surface area contributed by atoms with Crippen molar-refractivity contribution < 1.29 is 28.2 Å².